The van der Waals surface area contributed by atoms with Gasteiger partial charge < -0.3 is 33.6 Å². The molecule has 0 radical (unpaired) electrons. The minimum atomic E-state index is -2.04. The molecule has 3 aliphatic heterocycles. The topological polar surface area (TPSA) is 104 Å². The number of aliphatic hydroxyl groups is 2. The number of fused-ring (bicyclic) bond motifs is 4. The number of carbonyl (C=O) groups excluding carboxylic acids is 1. The largest absolute Gasteiger partial charge is 0.460 e. The number of carbonyl (C=O) groups is 1. The standard InChI is InChI=1S/C29H51IO8Si/c1-19-23-12-8-10-21(18-22(11-9-17-30)38-39(6,7)28(2,3)4)36-27(33)24-14-13-20(35-24)15-16-29(34-5,37-23)26(32)25(19)31/h9,17,19-26,31-32H,8,10-16,18H2,1-7H3/b17-9-/t19-,20-,21-,22-,23-,24-,25+,26-,29+/m1/s1. The number of methoxy groups -OCH3 is 1. The van der Waals surface area contributed by atoms with Crippen molar-refractivity contribution in [3.63, 3.8) is 0 Å². The Morgan fingerprint density at radius 2 is 1.90 bits per heavy atom. The summed E-state index contributed by atoms with van der Waals surface area (Å²) in [6, 6.07) is 0. The predicted octanol–water partition coefficient (Wildman–Crippen LogP) is 5.63. The lowest BCUT2D eigenvalue weighted by molar-refractivity contribution is -0.349. The van der Waals surface area contributed by atoms with Crippen molar-refractivity contribution < 1.29 is 38.4 Å². The van der Waals surface area contributed by atoms with Crippen LogP contribution in [0.3, 0.4) is 0 Å². The van der Waals surface area contributed by atoms with Crippen molar-refractivity contribution in [2.45, 2.75) is 152 Å². The van der Waals surface area contributed by atoms with Crippen LogP contribution in [-0.4, -0.2) is 80.1 Å². The number of rotatable bonds is 7. The molecule has 3 heterocycles. The Labute approximate surface area is 249 Å². The maximum Gasteiger partial charge on any atom is 0.335 e. The summed E-state index contributed by atoms with van der Waals surface area (Å²) >= 11 is 2.23. The van der Waals surface area contributed by atoms with Gasteiger partial charge in [0.15, 0.2) is 20.2 Å². The van der Waals surface area contributed by atoms with Crippen LogP contribution >= 0.6 is 22.6 Å². The third-order valence-electron chi connectivity index (χ3n) is 9.36. The van der Waals surface area contributed by atoms with E-state index >= 15 is 0 Å². The minimum absolute atomic E-state index is 0.0613. The molecule has 0 unspecified atom stereocenters. The highest BCUT2D eigenvalue weighted by Gasteiger charge is 2.53. The van der Waals surface area contributed by atoms with Crippen molar-refractivity contribution in [1.29, 1.82) is 0 Å². The van der Waals surface area contributed by atoms with Gasteiger partial charge in [-0.15, -0.1) is 0 Å². The average molecular weight is 683 g/mol. The van der Waals surface area contributed by atoms with E-state index in [0.717, 1.165) is 19.3 Å². The molecular weight excluding hydrogens is 631 g/mol. The summed E-state index contributed by atoms with van der Waals surface area (Å²) in [7, 11) is -0.522. The van der Waals surface area contributed by atoms with Gasteiger partial charge in [0.05, 0.1) is 24.4 Å². The van der Waals surface area contributed by atoms with Crippen LogP contribution in [0.1, 0.15) is 85.5 Å². The van der Waals surface area contributed by atoms with E-state index in [9.17, 15) is 15.0 Å². The molecule has 0 aliphatic carbocycles. The van der Waals surface area contributed by atoms with Gasteiger partial charge in [0.25, 0.3) is 0 Å². The molecule has 0 amide bonds. The van der Waals surface area contributed by atoms with Crippen molar-refractivity contribution >= 4 is 36.9 Å². The molecule has 8 nitrogen and oxygen atoms in total. The molecule has 3 rings (SSSR count). The van der Waals surface area contributed by atoms with Gasteiger partial charge in [-0.05, 0) is 67.2 Å². The van der Waals surface area contributed by atoms with Gasteiger partial charge in [0, 0.05) is 25.9 Å². The Balaban J connectivity index is 1.82. The Kier molecular flexibility index (Phi) is 11.9. The summed E-state index contributed by atoms with van der Waals surface area (Å²) in [6.07, 6.45) is 4.24. The molecule has 3 fully saturated rings. The SMILES string of the molecule is CO[C@@]12CC[C@H]3CC[C@@H](O3)C(=O)O[C@@H](C[C@@H](C/C=C\I)O[Si](C)(C)C(C)(C)C)CCC[C@@H](O1)[C@@H](C)[C@H](O)[C@H]2O. The van der Waals surface area contributed by atoms with Crippen molar-refractivity contribution in [2.24, 2.45) is 5.92 Å². The zero-order valence-corrected chi connectivity index (χ0v) is 28.0. The summed E-state index contributed by atoms with van der Waals surface area (Å²) in [4.78, 5) is 13.2. The Bertz CT molecular complexity index is 833. The van der Waals surface area contributed by atoms with Gasteiger partial charge in [-0.1, -0.05) is 56.4 Å². The molecule has 39 heavy (non-hydrogen) atoms. The number of hydrogen-bond donors (Lipinski definition) is 2. The lowest BCUT2D eigenvalue weighted by Gasteiger charge is -2.49. The molecule has 0 aromatic carbocycles. The average Bonchev–Trinajstić information content (AvgIpc) is 3.34. The van der Waals surface area contributed by atoms with E-state index in [4.69, 9.17) is 23.4 Å². The second-order valence-corrected chi connectivity index (χ2v) is 18.6. The van der Waals surface area contributed by atoms with Crippen molar-refractivity contribution in [2.75, 3.05) is 7.11 Å². The number of hydrogen-bond acceptors (Lipinski definition) is 8. The lowest BCUT2D eigenvalue weighted by Crippen LogP contribution is -2.62. The molecule has 4 bridgehead atoms. The molecular formula is C29H51IO8Si. The highest BCUT2D eigenvalue weighted by Crippen LogP contribution is 2.41. The summed E-state index contributed by atoms with van der Waals surface area (Å²) in [5, 5.41) is 21.9. The number of aliphatic hydroxyl groups excluding tert-OH is 2. The smallest absolute Gasteiger partial charge is 0.335 e. The van der Waals surface area contributed by atoms with Crippen LogP contribution in [0.4, 0.5) is 0 Å². The van der Waals surface area contributed by atoms with Gasteiger partial charge >= 0.3 is 5.97 Å². The first kappa shape index (κ1) is 33.4. The Morgan fingerprint density at radius 3 is 2.54 bits per heavy atom. The van der Waals surface area contributed by atoms with E-state index in [2.05, 4.69) is 62.5 Å². The van der Waals surface area contributed by atoms with Crippen LogP contribution < -0.4 is 0 Å². The molecule has 3 saturated heterocycles. The van der Waals surface area contributed by atoms with Crippen LogP contribution in [0.5, 0.6) is 0 Å². The molecule has 2 N–H and O–H groups in total. The molecule has 0 spiro atoms. The van der Waals surface area contributed by atoms with E-state index in [1.807, 2.05) is 11.0 Å². The Hall–Kier alpha value is -0.0831. The third kappa shape index (κ3) is 8.27. The van der Waals surface area contributed by atoms with E-state index in [-0.39, 0.29) is 41.3 Å². The lowest BCUT2D eigenvalue weighted by atomic mass is 9.82. The van der Waals surface area contributed by atoms with Crippen LogP contribution in [0, 0.1) is 5.92 Å². The number of esters is 1. The van der Waals surface area contributed by atoms with Crippen molar-refractivity contribution in [3.8, 4) is 0 Å². The van der Waals surface area contributed by atoms with Gasteiger partial charge in [-0.2, -0.15) is 0 Å². The van der Waals surface area contributed by atoms with Crippen molar-refractivity contribution in [1.82, 2.24) is 0 Å². The summed E-state index contributed by atoms with van der Waals surface area (Å²) in [5.41, 5.74) is 0. The number of ether oxygens (including phenoxy) is 4. The first-order valence-corrected chi connectivity index (χ1v) is 18.8. The molecule has 0 saturated carbocycles. The minimum Gasteiger partial charge on any atom is -0.460 e. The van der Waals surface area contributed by atoms with Crippen molar-refractivity contribution in [3.05, 3.63) is 10.2 Å². The number of halogens is 1. The van der Waals surface area contributed by atoms with Gasteiger partial charge in [-0.25, -0.2) is 4.79 Å². The zero-order chi connectivity index (χ0) is 29.0. The quantitative estimate of drug-likeness (QED) is 0.203. The van der Waals surface area contributed by atoms with E-state index in [0.29, 0.717) is 38.5 Å². The summed E-state index contributed by atoms with van der Waals surface area (Å²) in [5.74, 6) is -1.85. The third-order valence-corrected chi connectivity index (χ3v) is 14.4. The van der Waals surface area contributed by atoms with Crippen LogP contribution in [0.2, 0.25) is 18.1 Å². The molecule has 3 aliphatic rings. The monoisotopic (exact) mass is 682 g/mol. The van der Waals surface area contributed by atoms with E-state index in [1.165, 1.54) is 7.11 Å². The first-order valence-electron chi connectivity index (χ1n) is 14.6. The molecule has 10 heteroatoms. The first-order chi connectivity index (χ1) is 18.2. The van der Waals surface area contributed by atoms with Gasteiger partial charge in [0.2, 0.25) is 0 Å². The maximum absolute atomic E-state index is 13.2. The highest BCUT2D eigenvalue weighted by atomic mass is 127. The summed E-state index contributed by atoms with van der Waals surface area (Å²) in [6.45, 7) is 13.1. The molecule has 226 valence electrons. The van der Waals surface area contributed by atoms with Crippen LogP contribution in [-0.2, 0) is 28.2 Å². The molecule has 0 aromatic heterocycles. The second-order valence-electron chi connectivity index (χ2n) is 13.2. The van der Waals surface area contributed by atoms with E-state index < -0.39 is 32.4 Å². The number of cyclic esters (lactones) is 1. The van der Waals surface area contributed by atoms with Crippen LogP contribution in [0.15, 0.2) is 10.2 Å². The molecule has 9 atom stereocenters. The van der Waals surface area contributed by atoms with Gasteiger partial charge in [-0.3, -0.25) is 0 Å². The zero-order valence-electron chi connectivity index (χ0n) is 24.9. The Morgan fingerprint density at radius 1 is 1.18 bits per heavy atom. The van der Waals surface area contributed by atoms with Gasteiger partial charge in [0.1, 0.15) is 12.2 Å². The fourth-order valence-corrected chi connectivity index (χ4v) is 7.42. The second kappa shape index (κ2) is 13.9. The van der Waals surface area contributed by atoms with Crippen LogP contribution in [0.25, 0.3) is 0 Å². The normalized spacial score (nSPS) is 37.9. The highest BCUT2D eigenvalue weighted by molar-refractivity contribution is 14.1. The predicted molar refractivity (Wildman–Crippen MR) is 161 cm³/mol. The van der Waals surface area contributed by atoms with E-state index in [1.54, 1.807) is 0 Å². The molecule has 0 aromatic rings. The fraction of sp³-hybridized carbons (Fsp3) is 0.897. The fourth-order valence-electron chi connectivity index (χ4n) is 5.75. The maximum atomic E-state index is 13.2. The summed E-state index contributed by atoms with van der Waals surface area (Å²) < 4.78 is 33.3.